The molecule has 5 aromatic rings. The molecule has 11 nitrogen and oxygen atoms in total. The van der Waals surface area contributed by atoms with Crippen molar-refractivity contribution in [2.75, 3.05) is 24.4 Å². The number of amides is 1. The van der Waals surface area contributed by atoms with Crippen LogP contribution < -0.4 is 20.9 Å². The molecule has 12 heteroatoms. The lowest BCUT2D eigenvalue weighted by Gasteiger charge is -2.13. The molecule has 0 fully saturated rings. The third kappa shape index (κ3) is 5.66. The molecule has 0 spiro atoms. The van der Waals surface area contributed by atoms with Gasteiger partial charge in [0.1, 0.15) is 34.1 Å². The third-order valence-corrected chi connectivity index (χ3v) is 5.93. The van der Waals surface area contributed by atoms with Crippen LogP contribution in [0.1, 0.15) is 22.8 Å². The minimum absolute atomic E-state index is 0.00215. The van der Waals surface area contributed by atoms with Gasteiger partial charge < -0.3 is 20.1 Å². The molecule has 0 radical (unpaired) electrons. The monoisotopic (exact) mass is 543 g/mol. The number of carbonyl (C=O) groups excluding carboxylic acids is 1. The Labute approximate surface area is 228 Å². The number of pyridine rings is 3. The Balaban J connectivity index is 1.34. The highest BCUT2D eigenvalue weighted by Gasteiger charge is 2.17. The fraction of sp³-hybridized carbons (Fsp3) is 0.179. The van der Waals surface area contributed by atoms with E-state index in [0.29, 0.717) is 46.2 Å². The summed E-state index contributed by atoms with van der Waals surface area (Å²) in [6.45, 7) is 4.22. The summed E-state index contributed by atoms with van der Waals surface area (Å²) in [5, 5.41) is 13.8. The lowest BCUT2D eigenvalue weighted by atomic mass is 10.2. The van der Waals surface area contributed by atoms with Crippen LogP contribution in [0.4, 0.5) is 16.0 Å². The van der Waals surface area contributed by atoms with Gasteiger partial charge in [0.05, 0.1) is 12.8 Å². The van der Waals surface area contributed by atoms with Crippen LogP contribution in [0.15, 0.2) is 71.9 Å². The number of benzene rings is 1. The second kappa shape index (κ2) is 11.3. The Morgan fingerprint density at radius 3 is 2.67 bits per heavy atom. The number of rotatable bonds is 9. The first-order valence-electron chi connectivity index (χ1n) is 12.4. The molecule has 1 aromatic carbocycles. The molecule has 1 amide bonds. The van der Waals surface area contributed by atoms with E-state index in [4.69, 9.17) is 9.47 Å². The van der Waals surface area contributed by atoms with Crippen molar-refractivity contribution < 1.29 is 18.7 Å². The van der Waals surface area contributed by atoms with Crippen LogP contribution >= 0.6 is 0 Å². The fourth-order valence-electron chi connectivity index (χ4n) is 4.14. The van der Waals surface area contributed by atoms with Crippen molar-refractivity contribution in [3.8, 4) is 17.2 Å². The van der Waals surface area contributed by atoms with E-state index in [0.717, 1.165) is 0 Å². The Morgan fingerprint density at radius 2 is 1.95 bits per heavy atom. The minimum Gasteiger partial charge on any atom is -0.455 e. The summed E-state index contributed by atoms with van der Waals surface area (Å²) in [6, 6.07) is 11.9. The van der Waals surface area contributed by atoms with Gasteiger partial charge in [0.15, 0.2) is 11.5 Å². The van der Waals surface area contributed by atoms with Gasteiger partial charge in [-0.05, 0) is 61.9 Å². The highest BCUT2D eigenvalue weighted by Crippen LogP contribution is 2.33. The Morgan fingerprint density at radius 1 is 1.15 bits per heavy atom. The normalized spacial score (nSPS) is 11.8. The topological polar surface area (TPSA) is 136 Å². The number of carbonyl (C=O) groups is 1. The molecule has 0 saturated carbocycles. The predicted octanol–water partition coefficient (Wildman–Crippen LogP) is 4.44. The largest absolute Gasteiger partial charge is 0.455 e. The van der Waals surface area contributed by atoms with Crippen molar-refractivity contribution in [2.24, 2.45) is 0 Å². The summed E-state index contributed by atoms with van der Waals surface area (Å²) in [4.78, 5) is 34.6. The summed E-state index contributed by atoms with van der Waals surface area (Å²) < 4.78 is 25.9. The lowest BCUT2D eigenvalue weighted by molar-refractivity contribution is 0.102. The van der Waals surface area contributed by atoms with Gasteiger partial charge in [-0.3, -0.25) is 19.3 Å². The Bertz CT molecular complexity index is 1720. The lowest BCUT2D eigenvalue weighted by Crippen LogP contribution is -2.28. The molecular weight excluding hydrogens is 517 g/mol. The van der Waals surface area contributed by atoms with Crippen LogP contribution in [0.3, 0.4) is 0 Å². The zero-order valence-electron chi connectivity index (χ0n) is 21.9. The van der Waals surface area contributed by atoms with E-state index in [1.807, 2.05) is 6.92 Å². The number of methoxy groups -OCH3 is 1. The van der Waals surface area contributed by atoms with E-state index in [1.165, 1.54) is 41.1 Å². The number of halogens is 1. The predicted molar refractivity (Wildman–Crippen MR) is 148 cm³/mol. The second-order valence-corrected chi connectivity index (χ2v) is 9.12. The van der Waals surface area contributed by atoms with Crippen molar-refractivity contribution >= 4 is 28.6 Å². The van der Waals surface area contributed by atoms with Crippen molar-refractivity contribution in [2.45, 2.75) is 19.9 Å². The molecule has 0 aliphatic rings. The van der Waals surface area contributed by atoms with Crippen LogP contribution in [0.2, 0.25) is 0 Å². The van der Waals surface area contributed by atoms with Gasteiger partial charge in [-0.25, -0.2) is 14.4 Å². The van der Waals surface area contributed by atoms with Crippen LogP contribution in [-0.2, 0) is 4.74 Å². The summed E-state index contributed by atoms with van der Waals surface area (Å²) in [6.07, 6.45) is 4.64. The number of aryl methyl sites for hydroxylation is 1. The molecule has 0 unspecified atom stereocenters. The number of ether oxygens (including phenoxy) is 2. The SMILES string of the molecule is COC[C@@H](C)Nc1n[nH]c2nccc(Oc3ccc(NC(=O)c4cc(C)cn(-c5ccc(F)cc5)c4=O)nc3)c12. The molecule has 4 heterocycles. The van der Waals surface area contributed by atoms with Gasteiger partial charge in [0.2, 0.25) is 0 Å². The highest BCUT2D eigenvalue weighted by molar-refractivity contribution is 6.03. The number of aromatic nitrogens is 5. The first-order valence-corrected chi connectivity index (χ1v) is 12.4. The van der Waals surface area contributed by atoms with E-state index < -0.39 is 17.3 Å². The van der Waals surface area contributed by atoms with Gasteiger partial charge in [-0.15, -0.1) is 0 Å². The van der Waals surface area contributed by atoms with E-state index >= 15 is 0 Å². The maximum Gasteiger partial charge on any atom is 0.267 e. The number of hydrogen-bond donors (Lipinski definition) is 3. The van der Waals surface area contributed by atoms with E-state index in [2.05, 4.69) is 30.8 Å². The van der Waals surface area contributed by atoms with Crippen molar-refractivity contribution in [1.29, 1.82) is 0 Å². The maximum atomic E-state index is 13.3. The molecule has 4 aromatic heterocycles. The first kappa shape index (κ1) is 26.5. The fourth-order valence-corrected chi connectivity index (χ4v) is 4.14. The second-order valence-electron chi connectivity index (χ2n) is 9.12. The third-order valence-electron chi connectivity index (χ3n) is 5.93. The molecule has 1 atom stereocenters. The van der Waals surface area contributed by atoms with Gasteiger partial charge in [-0.1, -0.05) is 0 Å². The van der Waals surface area contributed by atoms with Gasteiger partial charge >= 0.3 is 0 Å². The number of fused-ring (bicyclic) bond motifs is 1. The number of H-pyrrole nitrogens is 1. The smallest absolute Gasteiger partial charge is 0.267 e. The standard InChI is InChI=1S/C28H26FN7O4/c1-16-12-21(28(38)36(14-16)19-6-4-18(29)5-7-19)27(37)33-23-9-8-20(13-31-23)40-22-10-11-30-25-24(22)26(35-34-25)32-17(2)15-39-3/h4-14,17H,15H2,1-3H3,(H,31,33,37)(H2,30,32,34,35)/t17-/m1/s1. The van der Waals surface area contributed by atoms with E-state index in [1.54, 1.807) is 44.6 Å². The van der Waals surface area contributed by atoms with E-state index in [-0.39, 0.29) is 17.4 Å². The van der Waals surface area contributed by atoms with Crippen molar-refractivity contribution in [3.63, 3.8) is 0 Å². The van der Waals surface area contributed by atoms with Gasteiger partial charge in [-0.2, -0.15) is 5.10 Å². The quantitative estimate of drug-likeness (QED) is 0.248. The van der Waals surface area contributed by atoms with Crippen molar-refractivity contribution in [3.05, 3.63) is 94.4 Å². The average molecular weight is 544 g/mol. The van der Waals surface area contributed by atoms with Crippen LogP contribution in [-0.4, -0.2) is 50.4 Å². The van der Waals surface area contributed by atoms with E-state index in [9.17, 15) is 14.0 Å². The van der Waals surface area contributed by atoms with Crippen LogP contribution in [0.5, 0.6) is 11.5 Å². The highest BCUT2D eigenvalue weighted by atomic mass is 19.1. The number of nitrogens with one attached hydrogen (secondary N) is 3. The number of hydrogen-bond acceptors (Lipinski definition) is 8. The zero-order valence-corrected chi connectivity index (χ0v) is 21.9. The molecule has 3 N–H and O–H groups in total. The Hall–Kier alpha value is -5.10. The molecule has 204 valence electrons. The minimum atomic E-state index is -0.624. The molecule has 0 bridgehead atoms. The molecule has 5 rings (SSSR count). The summed E-state index contributed by atoms with van der Waals surface area (Å²) in [7, 11) is 1.63. The van der Waals surface area contributed by atoms with Gasteiger partial charge in [0.25, 0.3) is 11.5 Å². The average Bonchev–Trinajstić information content (AvgIpc) is 3.35. The molecule has 40 heavy (non-hydrogen) atoms. The number of aromatic amines is 1. The van der Waals surface area contributed by atoms with Crippen molar-refractivity contribution in [1.82, 2.24) is 24.7 Å². The van der Waals surface area contributed by atoms with Crippen LogP contribution in [0, 0.1) is 12.7 Å². The van der Waals surface area contributed by atoms with Crippen LogP contribution in [0.25, 0.3) is 16.7 Å². The molecule has 0 aliphatic carbocycles. The summed E-state index contributed by atoms with van der Waals surface area (Å²) in [5.41, 5.74) is 1.05. The van der Waals surface area contributed by atoms with Gasteiger partial charge in [0, 0.05) is 37.3 Å². The summed E-state index contributed by atoms with van der Waals surface area (Å²) >= 11 is 0. The molecule has 0 aliphatic heterocycles. The maximum absolute atomic E-state index is 13.3. The summed E-state index contributed by atoms with van der Waals surface area (Å²) in [5.74, 6) is 0.672. The first-order chi connectivity index (χ1) is 19.3. The Kier molecular flexibility index (Phi) is 7.51. The molecular formula is C28H26FN7O4. The zero-order chi connectivity index (χ0) is 28.2. The molecule has 0 saturated heterocycles. The number of anilines is 2. The number of nitrogens with zero attached hydrogens (tertiary/aromatic N) is 4.